The monoisotopic (exact) mass is 698 g/mol. The van der Waals surface area contributed by atoms with Crippen molar-refractivity contribution in [1.29, 1.82) is 0 Å². The minimum Gasteiger partial charge on any atom is -0.406 e. The third-order valence-corrected chi connectivity index (χ3v) is 16.8. The Morgan fingerprint density at radius 1 is 0.854 bits per heavy atom. The zero-order valence-electron chi connectivity index (χ0n) is 25.6. The molecule has 6 nitrogen and oxygen atoms in total. The molecule has 0 spiro atoms. The lowest BCUT2D eigenvalue weighted by Gasteiger charge is -2.35. The van der Waals surface area contributed by atoms with Crippen LogP contribution in [0.3, 0.4) is 0 Å². The molecule has 41 heavy (non-hydrogen) atoms. The number of carbonyl (C=O) groups excluding carboxylic acids is 2. The summed E-state index contributed by atoms with van der Waals surface area (Å²) < 4.78 is 12.2. The van der Waals surface area contributed by atoms with Crippen molar-refractivity contribution in [3.05, 3.63) is 56.0 Å². The number of hydrogen-bond acceptors (Lipinski definition) is 6. The molecular formula is C30H41BrCl2N2O4Si2. The van der Waals surface area contributed by atoms with Gasteiger partial charge in [-0.15, -0.1) is 6.42 Å². The molecule has 2 aromatic rings. The van der Waals surface area contributed by atoms with Gasteiger partial charge in [0.05, 0.1) is 28.8 Å². The van der Waals surface area contributed by atoms with E-state index in [0.29, 0.717) is 57.3 Å². The van der Waals surface area contributed by atoms with Gasteiger partial charge in [0, 0.05) is 16.9 Å². The third-order valence-electron chi connectivity index (χ3n) is 6.80. The lowest BCUT2D eigenvalue weighted by Crippen LogP contribution is -2.40. The number of nitrogens with zero attached hydrogens (tertiary/aromatic N) is 2. The average molecular weight is 701 g/mol. The van der Waals surface area contributed by atoms with Crippen LogP contribution in [-0.4, -0.2) is 52.4 Å². The zero-order valence-corrected chi connectivity index (χ0v) is 30.7. The number of pyridine rings is 2. The van der Waals surface area contributed by atoms with Crippen molar-refractivity contribution in [2.75, 3.05) is 13.2 Å². The molecule has 0 aliphatic rings. The summed E-state index contributed by atoms with van der Waals surface area (Å²) in [4.78, 5) is 28.7. The highest BCUT2D eigenvalue weighted by Crippen LogP contribution is 2.37. The van der Waals surface area contributed by atoms with Crippen molar-refractivity contribution in [2.45, 2.75) is 77.8 Å². The number of aromatic nitrogens is 2. The van der Waals surface area contributed by atoms with E-state index < -0.39 is 16.6 Å². The van der Waals surface area contributed by atoms with Crippen molar-refractivity contribution in [3.63, 3.8) is 0 Å². The number of rotatable bonds is 6. The van der Waals surface area contributed by atoms with Crippen LogP contribution in [-0.2, 0) is 8.85 Å². The molecule has 0 aliphatic heterocycles. The molecule has 0 amide bonds. The first kappa shape index (κ1) is 39.2. The van der Waals surface area contributed by atoms with Gasteiger partial charge in [-0.3, -0.25) is 19.6 Å². The van der Waals surface area contributed by atoms with Crippen LogP contribution >= 0.6 is 39.1 Å². The zero-order chi connectivity index (χ0) is 32.1. The van der Waals surface area contributed by atoms with Gasteiger partial charge in [-0.05, 0) is 64.3 Å². The maximum Gasteiger partial charge on any atom is 0.193 e. The van der Waals surface area contributed by atoms with Crippen LogP contribution in [0.25, 0.3) is 0 Å². The normalized spacial score (nSPS) is 11.4. The van der Waals surface area contributed by atoms with Crippen LogP contribution in [0.4, 0.5) is 0 Å². The van der Waals surface area contributed by atoms with Gasteiger partial charge in [-0.2, -0.15) is 0 Å². The van der Waals surface area contributed by atoms with Gasteiger partial charge >= 0.3 is 0 Å². The summed E-state index contributed by atoms with van der Waals surface area (Å²) in [5, 5.41) is 1.40. The molecule has 0 N–H and O–H groups in total. The number of carbonyl (C=O) groups is 2. The van der Waals surface area contributed by atoms with Crippen LogP contribution in [0.5, 0.6) is 0 Å². The average Bonchev–Trinajstić information content (AvgIpc) is 2.85. The van der Waals surface area contributed by atoms with Crippen LogP contribution in [0.15, 0.2) is 29.0 Å². The van der Waals surface area contributed by atoms with Crippen molar-refractivity contribution in [3.8, 4) is 24.2 Å². The van der Waals surface area contributed by atoms with Crippen molar-refractivity contribution in [2.24, 2.45) is 0 Å². The maximum atomic E-state index is 10.9. The SMILES string of the molecule is C#CCO[Si](C)(C)C(C)(C)C.CC(C)(C)[Si](C)(C)OCC#Cc1cc(Cl)cnc1C=O.O=Cc1ncc(Cl)cc1Br. The van der Waals surface area contributed by atoms with E-state index in [4.69, 9.17) is 38.5 Å². The predicted molar refractivity (Wildman–Crippen MR) is 179 cm³/mol. The van der Waals surface area contributed by atoms with Crippen molar-refractivity contribution in [1.82, 2.24) is 9.97 Å². The largest absolute Gasteiger partial charge is 0.406 e. The summed E-state index contributed by atoms with van der Waals surface area (Å²) in [6.45, 7) is 22.7. The van der Waals surface area contributed by atoms with Gasteiger partial charge in [-0.25, -0.2) is 0 Å². The fraction of sp³-hybridized carbons (Fsp3) is 0.467. The van der Waals surface area contributed by atoms with E-state index >= 15 is 0 Å². The van der Waals surface area contributed by atoms with Gasteiger partial charge in [0.2, 0.25) is 0 Å². The Balaban J connectivity index is 0.000000643. The van der Waals surface area contributed by atoms with Crippen LogP contribution < -0.4 is 0 Å². The fourth-order valence-electron chi connectivity index (χ4n) is 2.16. The van der Waals surface area contributed by atoms with Crippen molar-refractivity contribution < 1.29 is 18.4 Å². The molecule has 0 unspecified atom stereocenters. The number of hydrogen-bond donors (Lipinski definition) is 0. The summed E-state index contributed by atoms with van der Waals surface area (Å²) >= 11 is 14.5. The first-order chi connectivity index (χ1) is 18.7. The summed E-state index contributed by atoms with van der Waals surface area (Å²) in [5.41, 5.74) is 1.20. The second-order valence-corrected chi connectivity index (χ2v) is 23.3. The van der Waals surface area contributed by atoms with Crippen LogP contribution in [0.2, 0.25) is 46.3 Å². The van der Waals surface area contributed by atoms with Gasteiger partial charge < -0.3 is 8.85 Å². The van der Waals surface area contributed by atoms with Crippen LogP contribution in [0, 0.1) is 24.2 Å². The maximum absolute atomic E-state index is 10.9. The van der Waals surface area contributed by atoms with E-state index in [9.17, 15) is 9.59 Å². The topological polar surface area (TPSA) is 78.4 Å². The lowest BCUT2D eigenvalue weighted by molar-refractivity contribution is 0.111. The molecule has 0 aliphatic carbocycles. The number of halogens is 3. The molecule has 0 radical (unpaired) electrons. The molecule has 0 saturated heterocycles. The van der Waals surface area contributed by atoms with E-state index in [1.165, 1.54) is 12.4 Å². The molecule has 11 heteroatoms. The highest BCUT2D eigenvalue weighted by molar-refractivity contribution is 9.10. The molecule has 0 bridgehead atoms. The minimum absolute atomic E-state index is 0.153. The Kier molecular flexibility index (Phi) is 16.6. The quantitative estimate of drug-likeness (QED) is 0.170. The second kappa shape index (κ2) is 17.3. The molecule has 0 atom stereocenters. The van der Waals surface area contributed by atoms with E-state index in [0.717, 1.165) is 0 Å². The Hall–Kier alpha value is -1.83. The van der Waals surface area contributed by atoms with E-state index in [-0.39, 0.29) is 10.1 Å². The minimum atomic E-state index is -1.79. The van der Waals surface area contributed by atoms with Gasteiger partial charge in [-0.1, -0.05) is 82.5 Å². The number of aldehydes is 2. The highest BCUT2D eigenvalue weighted by atomic mass is 79.9. The Morgan fingerprint density at radius 3 is 1.71 bits per heavy atom. The Bertz CT molecular complexity index is 1270. The summed E-state index contributed by atoms with van der Waals surface area (Å²) in [7, 11) is -3.36. The van der Waals surface area contributed by atoms with Gasteiger partial charge in [0.15, 0.2) is 29.2 Å². The van der Waals surface area contributed by atoms with Crippen LogP contribution in [0.1, 0.15) is 68.1 Å². The molecule has 2 rings (SSSR count). The Morgan fingerprint density at radius 2 is 1.29 bits per heavy atom. The Labute approximate surface area is 266 Å². The molecule has 2 aromatic heterocycles. The highest BCUT2D eigenvalue weighted by Gasteiger charge is 2.37. The molecule has 0 saturated carbocycles. The fourth-order valence-corrected chi connectivity index (χ4v) is 4.79. The van der Waals surface area contributed by atoms with E-state index in [2.05, 4.69) is 111 Å². The number of terminal acetylenes is 1. The lowest BCUT2D eigenvalue weighted by atomic mass is 10.2. The molecule has 224 valence electrons. The molecule has 0 fully saturated rings. The predicted octanol–water partition coefficient (Wildman–Crippen LogP) is 8.87. The smallest absolute Gasteiger partial charge is 0.193 e. The molecule has 2 heterocycles. The van der Waals surface area contributed by atoms with Crippen molar-refractivity contribution >= 4 is 68.3 Å². The summed E-state index contributed by atoms with van der Waals surface area (Å²) in [6.07, 6.45) is 9.33. The van der Waals surface area contributed by atoms with Gasteiger partial charge in [0.1, 0.15) is 11.4 Å². The second-order valence-electron chi connectivity index (χ2n) is 11.9. The first-order valence-electron chi connectivity index (χ1n) is 12.8. The summed E-state index contributed by atoms with van der Waals surface area (Å²) in [6, 6.07) is 3.26. The van der Waals surface area contributed by atoms with E-state index in [1.54, 1.807) is 12.1 Å². The summed E-state index contributed by atoms with van der Waals surface area (Å²) in [5.74, 6) is 8.34. The standard InChI is InChI=1S/C15H20ClNO2Si.C9H18OSi.C6H3BrClNO/c1-15(2,3)20(4,5)19-8-6-7-12-9-13(16)10-17-14(12)11-18;1-7-8-10-11(5,6)9(2,3)4;7-5-1-4(8)2-9-6(5)3-10/h9-11H,8H2,1-5H3;1H,8H2,2-6H3;1-3H. The third kappa shape index (κ3) is 14.3. The molecular weight excluding hydrogens is 659 g/mol. The first-order valence-corrected chi connectivity index (χ1v) is 20.2. The van der Waals surface area contributed by atoms with Gasteiger partial charge in [0.25, 0.3) is 0 Å². The van der Waals surface area contributed by atoms with E-state index in [1.807, 2.05) is 0 Å². The molecule has 0 aromatic carbocycles.